The molecule has 5 aromatic rings. The molecule has 0 aliphatic carbocycles. The van der Waals surface area contributed by atoms with E-state index in [1.54, 1.807) is 48.7 Å². The molecular weight excluding hydrogens is 575 g/mol. The number of hydrogen-bond acceptors (Lipinski definition) is 9. The summed E-state index contributed by atoms with van der Waals surface area (Å²) < 4.78 is 56.2. The van der Waals surface area contributed by atoms with E-state index in [4.69, 9.17) is 21.1 Å². The fourth-order valence-corrected chi connectivity index (χ4v) is 5.43. The minimum atomic E-state index is -4.52. The standard InChI is InChI=1S/C27H27ClF3N9O2/c1-32-24-22-20(12-35-40(22)7-5-33-24)42-19-11-34-25-23(21(19)28)38(2)26(37-25)36-17-9-15(8-16(10-17)27(29,30)31)13-39-6-4-18(14-39)41-3/h5,7-12,18H,4,6,13-14H2,1-3H3,(H,32,33)(H,34,36,37)/t18-/m0/s1. The Balaban J connectivity index is 1.31. The molecule has 1 aliphatic heterocycles. The van der Waals surface area contributed by atoms with E-state index in [-0.39, 0.29) is 28.5 Å². The maximum Gasteiger partial charge on any atom is 0.416 e. The number of ether oxygens (including phenoxy) is 2. The molecule has 1 atom stereocenters. The molecule has 4 aromatic heterocycles. The van der Waals surface area contributed by atoms with Crippen LogP contribution in [0, 0.1) is 0 Å². The number of aromatic nitrogens is 6. The van der Waals surface area contributed by atoms with Gasteiger partial charge in [-0.05, 0) is 30.2 Å². The molecule has 0 bridgehead atoms. The van der Waals surface area contributed by atoms with Crippen LogP contribution < -0.4 is 15.4 Å². The minimum Gasteiger partial charge on any atom is -0.450 e. The van der Waals surface area contributed by atoms with Gasteiger partial charge in [-0.1, -0.05) is 11.6 Å². The first-order chi connectivity index (χ1) is 20.1. The second-order valence-electron chi connectivity index (χ2n) is 9.96. The number of likely N-dealkylation sites (tertiary alicyclic amines) is 1. The summed E-state index contributed by atoms with van der Waals surface area (Å²) >= 11 is 6.76. The maximum atomic E-state index is 13.8. The molecule has 0 spiro atoms. The number of aryl methyl sites for hydroxylation is 1. The lowest BCUT2D eigenvalue weighted by Gasteiger charge is -2.18. The van der Waals surface area contributed by atoms with Gasteiger partial charge in [-0.15, -0.1) is 0 Å². The van der Waals surface area contributed by atoms with Crippen molar-refractivity contribution >= 4 is 45.7 Å². The molecule has 2 N–H and O–H groups in total. The summed E-state index contributed by atoms with van der Waals surface area (Å²) in [6.45, 7) is 1.78. The van der Waals surface area contributed by atoms with Crippen LogP contribution in [0.3, 0.4) is 0 Å². The summed E-state index contributed by atoms with van der Waals surface area (Å²) in [5, 5.41) is 10.5. The van der Waals surface area contributed by atoms with Crippen LogP contribution in [0.15, 0.2) is 43.0 Å². The van der Waals surface area contributed by atoms with E-state index < -0.39 is 11.7 Å². The molecule has 220 valence electrons. The van der Waals surface area contributed by atoms with Gasteiger partial charge in [0.15, 0.2) is 28.5 Å². The van der Waals surface area contributed by atoms with Gasteiger partial charge in [0.05, 0.1) is 24.1 Å². The molecule has 15 heteroatoms. The predicted octanol–water partition coefficient (Wildman–Crippen LogP) is 5.48. The smallest absolute Gasteiger partial charge is 0.416 e. The van der Waals surface area contributed by atoms with Crippen molar-refractivity contribution in [1.29, 1.82) is 0 Å². The molecule has 1 aromatic carbocycles. The lowest BCUT2D eigenvalue weighted by molar-refractivity contribution is -0.137. The van der Waals surface area contributed by atoms with Crippen molar-refractivity contribution < 1.29 is 22.6 Å². The highest BCUT2D eigenvalue weighted by atomic mass is 35.5. The van der Waals surface area contributed by atoms with E-state index in [0.29, 0.717) is 46.9 Å². The fraction of sp³-hybridized carbons (Fsp3) is 0.333. The quantitative estimate of drug-likeness (QED) is 0.239. The van der Waals surface area contributed by atoms with Gasteiger partial charge in [0.2, 0.25) is 5.95 Å². The number of imidazole rings is 1. The molecule has 6 rings (SSSR count). The van der Waals surface area contributed by atoms with Crippen molar-refractivity contribution in [1.82, 2.24) is 34.0 Å². The summed E-state index contributed by atoms with van der Waals surface area (Å²) in [6.07, 6.45) is 2.67. The van der Waals surface area contributed by atoms with Gasteiger partial charge in [0, 0.05) is 58.9 Å². The Hall–Kier alpha value is -4.14. The summed E-state index contributed by atoms with van der Waals surface area (Å²) in [6, 6.07) is 3.93. The minimum absolute atomic E-state index is 0.0781. The number of methoxy groups -OCH3 is 1. The number of anilines is 3. The van der Waals surface area contributed by atoms with E-state index in [9.17, 15) is 13.2 Å². The van der Waals surface area contributed by atoms with Gasteiger partial charge < -0.3 is 24.7 Å². The normalized spacial score (nSPS) is 16.0. The Labute approximate surface area is 243 Å². The van der Waals surface area contributed by atoms with Crippen LogP contribution in [0.25, 0.3) is 16.7 Å². The number of pyridine rings is 1. The van der Waals surface area contributed by atoms with Crippen LogP contribution in [0.1, 0.15) is 17.5 Å². The van der Waals surface area contributed by atoms with E-state index >= 15 is 0 Å². The molecule has 1 saturated heterocycles. The highest BCUT2D eigenvalue weighted by Gasteiger charge is 2.32. The Kier molecular flexibility index (Phi) is 7.29. The van der Waals surface area contributed by atoms with Gasteiger partial charge in [-0.2, -0.15) is 23.3 Å². The number of hydrogen-bond donors (Lipinski definition) is 2. The van der Waals surface area contributed by atoms with Crippen LogP contribution in [0.5, 0.6) is 11.5 Å². The second-order valence-corrected chi connectivity index (χ2v) is 10.3. The number of alkyl halides is 3. The third-order valence-corrected chi connectivity index (χ3v) is 7.57. The Morgan fingerprint density at radius 2 is 1.95 bits per heavy atom. The Morgan fingerprint density at radius 3 is 2.69 bits per heavy atom. The van der Waals surface area contributed by atoms with Gasteiger partial charge in [-0.3, -0.25) is 4.90 Å². The highest BCUT2D eigenvalue weighted by molar-refractivity contribution is 6.36. The molecule has 42 heavy (non-hydrogen) atoms. The highest BCUT2D eigenvalue weighted by Crippen LogP contribution is 2.38. The SMILES string of the molecule is CNc1nccn2ncc(Oc3cnc4nc(Nc5cc(CN6CC[C@H](OC)C6)cc(C(F)(F)F)c5)n(C)c4c3Cl)c12. The number of fused-ring (bicyclic) bond motifs is 2. The Bertz CT molecular complexity index is 1770. The van der Waals surface area contributed by atoms with Crippen molar-refractivity contribution in [3.05, 3.63) is 59.1 Å². The third kappa shape index (κ3) is 5.28. The maximum absolute atomic E-state index is 13.8. The first-order valence-electron chi connectivity index (χ1n) is 13.1. The average molecular weight is 602 g/mol. The van der Waals surface area contributed by atoms with Crippen LogP contribution in [0.2, 0.25) is 5.02 Å². The first kappa shape index (κ1) is 28.0. The summed E-state index contributed by atoms with van der Waals surface area (Å²) in [5.74, 6) is 1.48. The summed E-state index contributed by atoms with van der Waals surface area (Å²) in [7, 11) is 5.07. The van der Waals surface area contributed by atoms with E-state index in [1.807, 2.05) is 0 Å². The predicted molar refractivity (Wildman–Crippen MR) is 152 cm³/mol. The first-order valence-corrected chi connectivity index (χ1v) is 13.4. The molecule has 0 amide bonds. The zero-order valence-electron chi connectivity index (χ0n) is 22.9. The topological polar surface area (TPSA) is 107 Å². The largest absolute Gasteiger partial charge is 0.450 e. The van der Waals surface area contributed by atoms with Crippen LogP contribution in [-0.4, -0.2) is 67.4 Å². The van der Waals surface area contributed by atoms with E-state index in [2.05, 4.69) is 35.6 Å². The van der Waals surface area contributed by atoms with Crippen LogP contribution in [0.4, 0.5) is 30.6 Å². The van der Waals surface area contributed by atoms with Crippen molar-refractivity contribution in [2.45, 2.75) is 25.2 Å². The Morgan fingerprint density at radius 1 is 1.12 bits per heavy atom. The number of benzene rings is 1. The van der Waals surface area contributed by atoms with Crippen molar-refractivity contribution in [2.24, 2.45) is 7.05 Å². The van der Waals surface area contributed by atoms with Crippen molar-refractivity contribution in [2.75, 3.05) is 37.9 Å². The lowest BCUT2D eigenvalue weighted by atomic mass is 10.1. The number of rotatable bonds is 8. The zero-order valence-corrected chi connectivity index (χ0v) is 23.7. The van der Waals surface area contributed by atoms with Crippen LogP contribution >= 0.6 is 11.6 Å². The number of nitrogens with one attached hydrogen (secondary N) is 2. The molecule has 1 aliphatic rings. The molecule has 0 radical (unpaired) electrons. The molecule has 11 nitrogen and oxygen atoms in total. The number of nitrogens with zero attached hydrogens (tertiary/aromatic N) is 7. The molecule has 1 fully saturated rings. The van der Waals surface area contributed by atoms with Gasteiger partial charge in [0.25, 0.3) is 0 Å². The molecular formula is C27H27ClF3N9O2. The fourth-order valence-electron chi connectivity index (χ4n) is 5.13. The third-order valence-electron chi connectivity index (χ3n) is 7.20. The number of halogens is 4. The average Bonchev–Trinajstić information content (AvgIpc) is 3.67. The van der Waals surface area contributed by atoms with E-state index in [1.165, 1.54) is 18.5 Å². The van der Waals surface area contributed by atoms with Gasteiger partial charge in [-0.25, -0.2) is 14.5 Å². The van der Waals surface area contributed by atoms with Gasteiger partial charge in [0.1, 0.15) is 10.5 Å². The van der Waals surface area contributed by atoms with Crippen molar-refractivity contribution in [3.8, 4) is 11.5 Å². The van der Waals surface area contributed by atoms with Crippen molar-refractivity contribution in [3.63, 3.8) is 0 Å². The molecule has 0 saturated carbocycles. The monoisotopic (exact) mass is 601 g/mol. The van der Waals surface area contributed by atoms with E-state index in [0.717, 1.165) is 19.0 Å². The molecule has 5 heterocycles. The summed E-state index contributed by atoms with van der Waals surface area (Å²) in [4.78, 5) is 15.2. The summed E-state index contributed by atoms with van der Waals surface area (Å²) in [5.41, 5.74) is 1.36. The second kappa shape index (κ2) is 10.9. The zero-order chi connectivity index (χ0) is 29.6. The van der Waals surface area contributed by atoms with Crippen LogP contribution in [-0.2, 0) is 24.5 Å². The lowest BCUT2D eigenvalue weighted by Crippen LogP contribution is -2.22. The molecule has 0 unspecified atom stereocenters. The van der Waals surface area contributed by atoms with Gasteiger partial charge >= 0.3 is 6.18 Å².